The minimum Gasteiger partial charge on any atom is -0.494 e. The number of ketones is 1. The number of benzene rings is 1. The second kappa shape index (κ2) is 8.11. The van der Waals surface area contributed by atoms with Crippen molar-refractivity contribution in [2.24, 2.45) is 5.41 Å². The topological polar surface area (TPSA) is 44.8 Å². The molecule has 4 nitrogen and oxygen atoms in total. The van der Waals surface area contributed by atoms with Gasteiger partial charge in [-0.25, -0.2) is 0 Å². The molecule has 1 heterocycles. The molecule has 0 atom stereocenters. The van der Waals surface area contributed by atoms with Gasteiger partial charge in [-0.15, -0.1) is 0 Å². The highest BCUT2D eigenvalue weighted by Gasteiger charge is 2.34. The van der Waals surface area contributed by atoms with Crippen LogP contribution in [-0.2, 0) is 14.3 Å². The Kier molecular flexibility index (Phi) is 6.16. The van der Waals surface area contributed by atoms with Crippen LogP contribution >= 0.6 is 0 Å². The average molecular weight is 304 g/mol. The first-order chi connectivity index (χ1) is 10.6. The molecule has 0 saturated carbocycles. The van der Waals surface area contributed by atoms with Gasteiger partial charge in [0.25, 0.3) is 0 Å². The van der Waals surface area contributed by atoms with Gasteiger partial charge in [0.05, 0.1) is 25.2 Å². The largest absolute Gasteiger partial charge is 0.494 e. The second-order valence-electron chi connectivity index (χ2n) is 5.84. The van der Waals surface area contributed by atoms with Crippen molar-refractivity contribution in [3.05, 3.63) is 35.9 Å². The van der Waals surface area contributed by atoms with Gasteiger partial charge in [0.1, 0.15) is 12.5 Å². The molecule has 1 aliphatic heterocycles. The van der Waals surface area contributed by atoms with E-state index in [2.05, 4.69) is 6.92 Å². The first-order valence-corrected chi connectivity index (χ1v) is 7.75. The van der Waals surface area contributed by atoms with Gasteiger partial charge in [-0.2, -0.15) is 0 Å². The van der Waals surface area contributed by atoms with Gasteiger partial charge >= 0.3 is 0 Å². The predicted molar refractivity (Wildman–Crippen MR) is 85.8 cm³/mol. The van der Waals surface area contributed by atoms with E-state index in [-0.39, 0.29) is 12.6 Å². The summed E-state index contributed by atoms with van der Waals surface area (Å²) in [6.45, 7) is 5.82. The Labute approximate surface area is 132 Å². The van der Waals surface area contributed by atoms with Crippen LogP contribution in [0.2, 0.25) is 0 Å². The standard InChI is InChI=1S/C18H24O4/c1-3-4-11-22-16-8-5-15(6-9-16)7-10-17(19)18(2)12-20-14-21-13-18/h5-10H,3-4,11-14H2,1-2H3/b10-7+. The van der Waals surface area contributed by atoms with Gasteiger partial charge in [-0.05, 0) is 37.1 Å². The highest BCUT2D eigenvalue weighted by atomic mass is 16.7. The molecule has 0 unspecified atom stereocenters. The zero-order valence-electron chi connectivity index (χ0n) is 13.3. The molecule has 0 spiro atoms. The molecule has 0 bridgehead atoms. The number of hydrogen-bond donors (Lipinski definition) is 0. The molecule has 0 amide bonds. The summed E-state index contributed by atoms with van der Waals surface area (Å²) in [4.78, 5) is 12.3. The summed E-state index contributed by atoms with van der Waals surface area (Å²) in [7, 11) is 0. The van der Waals surface area contributed by atoms with Crippen molar-refractivity contribution in [1.82, 2.24) is 0 Å². The lowest BCUT2D eigenvalue weighted by Gasteiger charge is -2.30. The number of allylic oxidation sites excluding steroid dienone is 1. The maximum absolute atomic E-state index is 12.3. The molecule has 1 aromatic carbocycles. The third-order valence-electron chi connectivity index (χ3n) is 3.68. The number of rotatable bonds is 7. The smallest absolute Gasteiger partial charge is 0.166 e. The lowest BCUT2D eigenvalue weighted by Crippen LogP contribution is -2.40. The monoisotopic (exact) mass is 304 g/mol. The van der Waals surface area contributed by atoms with Gasteiger partial charge in [0, 0.05) is 0 Å². The molecule has 0 aromatic heterocycles. The fourth-order valence-corrected chi connectivity index (χ4v) is 2.16. The molecular weight excluding hydrogens is 280 g/mol. The van der Waals surface area contributed by atoms with Crippen LogP contribution in [0.25, 0.3) is 6.08 Å². The summed E-state index contributed by atoms with van der Waals surface area (Å²) in [5, 5.41) is 0. The number of ether oxygens (including phenoxy) is 3. The summed E-state index contributed by atoms with van der Waals surface area (Å²) in [6.07, 6.45) is 5.59. The van der Waals surface area contributed by atoms with Crippen molar-refractivity contribution in [2.75, 3.05) is 26.6 Å². The zero-order chi connectivity index (χ0) is 15.8. The summed E-state index contributed by atoms with van der Waals surface area (Å²) >= 11 is 0. The second-order valence-corrected chi connectivity index (χ2v) is 5.84. The van der Waals surface area contributed by atoms with Crippen molar-refractivity contribution >= 4 is 11.9 Å². The van der Waals surface area contributed by atoms with E-state index in [1.54, 1.807) is 6.08 Å². The molecule has 0 radical (unpaired) electrons. The van der Waals surface area contributed by atoms with Crippen LogP contribution in [0, 0.1) is 5.41 Å². The Hall–Kier alpha value is -1.65. The molecule has 0 aliphatic carbocycles. The lowest BCUT2D eigenvalue weighted by atomic mass is 9.86. The van der Waals surface area contributed by atoms with Crippen molar-refractivity contribution in [1.29, 1.82) is 0 Å². The number of carbonyl (C=O) groups is 1. The van der Waals surface area contributed by atoms with Crippen LogP contribution < -0.4 is 4.74 Å². The molecule has 1 fully saturated rings. The maximum atomic E-state index is 12.3. The summed E-state index contributed by atoms with van der Waals surface area (Å²) in [6, 6.07) is 7.74. The van der Waals surface area contributed by atoms with Crippen molar-refractivity contribution in [2.45, 2.75) is 26.7 Å². The first-order valence-electron chi connectivity index (χ1n) is 7.75. The fourth-order valence-electron chi connectivity index (χ4n) is 2.16. The summed E-state index contributed by atoms with van der Waals surface area (Å²) in [5.74, 6) is 0.883. The molecule has 22 heavy (non-hydrogen) atoms. The third kappa shape index (κ3) is 4.68. The third-order valence-corrected chi connectivity index (χ3v) is 3.68. The molecule has 1 aliphatic rings. The zero-order valence-corrected chi connectivity index (χ0v) is 13.3. The molecule has 1 saturated heterocycles. The summed E-state index contributed by atoms with van der Waals surface area (Å²) in [5.41, 5.74) is 0.384. The SMILES string of the molecule is CCCCOc1ccc(/C=C/C(=O)C2(C)COCOC2)cc1. The van der Waals surface area contributed by atoms with E-state index >= 15 is 0 Å². The highest BCUT2D eigenvalue weighted by molar-refractivity contribution is 5.98. The molecule has 0 N–H and O–H groups in total. The van der Waals surface area contributed by atoms with Crippen LogP contribution in [0.5, 0.6) is 5.75 Å². The normalized spacial score (nSPS) is 17.5. The Morgan fingerprint density at radius 1 is 1.27 bits per heavy atom. The molecular formula is C18H24O4. The molecule has 120 valence electrons. The minimum atomic E-state index is -0.585. The quantitative estimate of drug-likeness (QED) is 0.571. The van der Waals surface area contributed by atoms with Crippen molar-refractivity contribution in [3.8, 4) is 5.75 Å². The van der Waals surface area contributed by atoms with Crippen LogP contribution in [0.15, 0.2) is 30.3 Å². The summed E-state index contributed by atoms with van der Waals surface area (Å²) < 4.78 is 16.1. The van der Waals surface area contributed by atoms with Gasteiger partial charge < -0.3 is 14.2 Å². The fraction of sp³-hybridized carbons (Fsp3) is 0.500. The van der Waals surface area contributed by atoms with E-state index in [9.17, 15) is 4.79 Å². The highest BCUT2D eigenvalue weighted by Crippen LogP contribution is 2.23. The van der Waals surface area contributed by atoms with Gasteiger partial charge in [0.15, 0.2) is 5.78 Å². The molecule has 4 heteroatoms. The predicted octanol–water partition coefficient (Wildman–Crippen LogP) is 3.46. The number of carbonyl (C=O) groups excluding carboxylic acids is 1. The van der Waals surface area contributed by atoms with Crippen LogP contribution in [0.4, 0.5) is 0 Å². The Morgan fingerprint density at radius 3 is 2.59 bits per heavy atom. The number of hydrogen-bond acceptors (Lipinski definition) is 4. The van der Waals surface area contributed by atoms with Crippen molar-refractivity contribution in [3.63, 3.8) is 0 Å². The van der Waals surface area contributed by atoms with E-state index in [1.807, 2.05) is 37.3 Å². The van der Waals surface area contributed by atoms with Crippen molar-refractivity contribution < 1.29 is 19.0 Å². The Balaban J connectivity index is 1.90. The molecule has 2 rings (SSSR count). The van der Waals surface area contributed by atoms with E-state index in [1.165, 1.54) is 0 Å². The van der Waals surface area contributed by atoms with E-state index in [0.717, 1.165) is 30.8 Å². The van der Waals surface area contributed by atoms with Gasteiger partial charge in [-0.1, -0.05) is 31.6 Å². The van der Waals surface area contributed by atoms with Crippen LogP contribution in [-0.4, -0.2) is 32.4 Å². The molecule has 1 aromatic rings. The minimum absolute atomic E-state index is 0.0236. The maximum Gasteiger partial charge on any atom is 0.166 e. The van der Waals surface area contributed by atoms with Gasteiger partial charge in [0.2, 0.25) is 0 Å². The van der Waals surface area contributed by atoms with Gasteiger partial charge in [-0.3, -0.25) is 4.79 Å². The first kappa shape index (κ1) is 16.7. The van der Waals surface area contributed by atoms with E-state index in [4.69, 9.17) is 14.2 Å². The van der Waals surface area contributed by atoms with Crippen LogP contribution in [0.3, 0.4) is 0 Å². The average Bonchev–Trinajstić information content (AvgIpc) is 2.55. The number of unbranched alkanes of at least 4 members (excludes halogenated alkanes) is 1. The Bertz CT molecular complexity index is 498. The van der Waals surface area contributed by atoms with E-state index in [0.29, 0.717) is 13.2 Å². The van der Waals surface area contributed by atoms with E-state index < -0.39 is 5.41 Å². The van der Waals surface area contributed by atoms with Crippen LogP contribution in [0.1, 0.15) is 32.3 Å². The lowest BCUT2D eigenvalue weighted by molar-refractivity contribution is -0.168. The Morgan fingerprint density at radius 2 is 1.95 bits per heavy atom.